The predicted octanol–water partition coefficient (Wildman–Crippen LogP) is 4.42. The molecular weight excluding hydrogens is 276 g/mol. The number of imidazole rings is 1. The summed E-state index contributed by atoms with van der Waals surface area (Å²) in [5.74, 6) is 0.657. The second kappa shape index (κ2) is 4.94. The molecule has 0 radical (unpaired) electrons. The second-order valence-corrected chi connectivity index (χ2v) is 4.72. The molecule has 0 saturated carbocycles. The Bertz CT molecular complexity index is 810. The van der Waals surface area contributed by atoms with Gasteiger partial charge in [0.2, 0.25) is 0 Å². The number of halogens is 1. The molecule has 1 N–H and O–H groups in total. The number of fused-ring (bicyclic) bond motifs is 1. The summed E-state index contributed by atoms with van der Waals surface area (Å²) in [5.41, 5.74) is 1.89. The number of aromatic nitrogens is 2. The molecule has 1 aromatic carbocycles. The Balaban J connectivity index is 2.06. The van der Waals surface area contributed by atoms with Gasteiger partial charge < -0.3 is 5.11 Å². The molecule has 0 aliphatic heterocycles. The maximum atomic E-state index is 9.71. The van der Waals surface area contributed by atoms with Gasteiger partial charge in [0.25, 0.3) is 0 Å². The van der Waals surface area contributed by atoms with Gasteiger partial charge >= 0.3 is 0 Å². The molecular formula is C14H11ClN4O. The zero-order chi connectivity index (χ0) is 14.1. The van der Waals surface area contributed by atoms with Gasteiger partial charge in [-0.2, -0.15) is 0 Å². The van der Waals surface area contributed by atoms with E-state index in [0.717, 1.165) is 11.3 Å². The van der Waals surface area contributed by atoms with Crippen molar-refractivity contribution < 1.29 is 5.11 Å². The lowest BCUT2D eigenvalue weighted by atomic mass is 10.3. The average Bonchev–Trinajstić information content (AvgIpc) is 2.75. The van der Waals surface area contributed by atoms with Crippen molar-refractivity contribution in [3.8, 4) is 5.75 Å². The molecule has 0 aliphatic carbocycles. The van der Waals surface area contributed by atoms with Crippen LogP contribution in [0.25, 0.3) is 5.65 Å². The molecule has 0 amide bonds. The zero-order valence-corrected chi connectivity index (χ0v) is 11.4. The van der Waals surface area contributed by atoms with Crippen molar-refractivity contribution in [2.24, 2.45) is 10.2 Å². The lowest BCUT2D eigenvalue weighted by molar-refractivity contribution is 0.476. The minimum Gasteiger partial charge on any atom is -0.506 e. The normalized spacial score (nSPS) is 11.5. The van der Waals surface area contributed by atoms with E-state index in [0.29, 0.717) is 16.5 Å². The van der Waals surface area contributed by atoms with Crippen LogP contribution in [0.15, 0.2) is 52.8 Å². The molecule has 0 fully saturated rings. The summed E-state index contributed by atoms with van der Waals surface area (Å²) >= 11 is 5.87. The van der Waals surface area contributed by atoms with Gasteiger partial charge in [0.1, 0.15) is 17.1 Å². The van der Waals surface area contributed by atoms with Crippen LogP contribution in [-0.2, 0) is 0 Å². The number of hydrogen-bond donors (Lipinski definition) is 1. The number of benzene rings is 1. The Morgan fingerprint density at radius 3 is 2.90 bits per heavy atom. The number of hydrogen-bond acceptors (Lipinski definition) is 4. The number of aryl methyl sites for hydroxylation is 1. The average molecular weight is 287 g/mol. The van der Waals surface area contributed by atoms with Gasteiger partial charge in [0.05, 0.1) is 5.69 Å². The quantitative estimate of drug-likeness (QED) is 0.709. The molecule has 100 valence electrons. The van der Waals surface area contributed by atoms with E-state index in [2.05, 4.69) is 15.2 Å². The van der Waals surface area contributed by atoms with E-state index in [1.807, 2.05) is 35.7 Å². The fourth-order valence-corrected chi connectivity index (χ4v) is 2.07. The van der Waals surface area contributed by atoms with Crippen LogP contribution < -0.4 is 0 Å². The van der Waals surface area contributed by atoms with Crippen LogP contribution in [0.4, 0.5) is 11.5 Å². The van der Waals surface area contributed by atoms with Gasteiger partial charge in [0.15, 0.2) is 5.82 Å². The first-order valence-corrected chi connectivity index (χ1v) is 6.37. The second-order valence-electron chi connectivity index (χ2n) is 4.28. The molecule has 3 rings (SSSR count). The third-order valence-corrected chi connectivity index (χ3v) is 3.10. The summed E-state index contributed by atoms with van der Waals surface area (Å²) < 4.78 is 1.83. The number of aromatic hydroxyl groups is 1. The van der Waals surface area contributed by atoms with Crippen molar-refractivity contribution in [3.05, 3.63) is 53.3 Å². The minimum absolute atomic E-state index is 0.0321. The fraction of sp³-hybridized carbons (Fsp3) is 0.0714. The molecule has 0 unspecified atom stereocenters. The number of nitrogens with zero attached hydrogens (tertiary/aromatic N) is 4. The Morgan fingerprint density at radius 2 is 2.05 bits per heavy atom. The Kier molecular flexibility index (Phi) is 3.12. The third kappa shape index (κ3) is 2.23. The van der Waals surface area contributed by atoms with Crippen LogP contribution in [0.1, 0.15) is 5.69 Å². The summed E-state index contributed by atoms with van der Waals surface area (Å²) in [7, 11) is 0. The maximum absolute atomic E-state index is 9.71. The van der Waals surface area contributed by atoms with E-state index in [-0.39, 0.29) is 5.75 Å². The van der Waals surface area contributed by atoms with E-state index in [1.54, 1.807) is 12.1 Å². The minimum atomic E-state index is 0.0321. The van der Waals surface area contributed by atoms with Crippen LogP contribution in [0.3, 0.4) is 0 Å². The Labute approximate surface area is 120 Å². The SMILES string of the molecule is Cc1nc2ccccn2c1N=Nc1cc(Cl)ccc1O. The molecule has 5 nitrogen and oxygen atoms in total. The molecule has 0 saturated heterocycles. The third-order valence-electron chi connectivity index (χ3n) is 2.86. The largest absolute Gasteiger partial charge is 0.506 e. The van der Waals surface area contributed by atoms with E-state index in [4.69, 9.17) is 11.6 Å². The van der Waals surface area contributed by atoms with E-state index < -0.39 is 0 Å². The lowest BCUT2D eigenvalue weighted by Gasteiger charge is -1.98. The zero-order valence-electron chi connectivity index (χ0n) is 10.7. The number of phenolic OH excluding ortho intramolecular Hbond substituents is 1. The molecule has 3 aromatic rings. The molecule has 2 aromatic heterocycles. The van der Waals surface area contributed by atoms with Gasteiger partial charge in [-0.05, 0) is 37.3 Å². The molecule has 0 atom stereocenters. The topological polar surface area (TPSA) is 62.2 Å². The molecule has 20 heavy (non-hydrogen) atoms. The number of azo groups is 1. The van der Waals surface area contributed by atoms with Crippen molar-refractivity contribution in [2.75, 3.05) is 0 Å². The monoisotopic (exact) mass is 286 g/mol. The maximum Gasteiger partial charge on any atom is 0.182 e. The first-order chi connectivity index (χ1) is 9.65. The molecule has 2 heterocycles. The van der Waals surface area contributed by atoms with Crippen molar-refractivity contribution in [2.45, 2.75) is 6.92 Å². The predicted molar refractivity (Wildman–Crippen MR) is 77.2 cm³/mol. The van der Waals surface area contributed by atoms with E-state index in [9.17, 15) is 5.11 Å². The summed E-state index contributed by atoms with van der Waals surface area (Å²) in [6, 6.07) is 10.3. The van der Waals surface area contributed by atoms with Crippen molar-refractivity contribution in [3.63, 3.8) is 0 Å². The van der Waals surface area contributed by atoms with Crippen LogP contribution >= 0.6 is 11.6 Å². The van der Waals surface area contributed by atoms with Crippen LogP contribution in [0.2, 0.25) is 5.02 Å². The van der Waals surface area contributed by atoms with E-state index >= 15 is 0 Å². The van der Waals surface area contributed by atoms with Gasteiger partial charge in [-0.1, -0.05) is 17.7 Å². The van der Waals surface area contributed by atoms with E-state index in [1.165, 1.54) is 6.07 Å². The number of rotatable bonds is 2. The van der Waals surface area contributed by atoms with Gasteiger partial charge in [-0.3, -0.25) is 4.40 Å². The number of phenols is 1. The van der Waals surface area contributed by atoms with Crippen LogP contribution in [0, 0.1) is 6.92 Å². The van der Waals surface area contributed by atoms with Crippen molar-refractivity contribution in [1.29, 1.82) is 0 Å². The molecule has 0 spiro atoms. The van der Waals surface area contributed by atoms with Gasteiger partial charge in [0, 0.05) is 11.2 Å². The van der Waals surface area contributed by atoms with Gasteiger partial charge in [-0.25, -0.2) is 4.98 Å². The van der Waals surface area contributed by atoms with Crippen molar-refractivity contribution in [1.82, 2.24) is 9.38 Å². The van der Waals surface area contributed by atoms with Crippen LogP contribution in [0.5, 0.6) is 5.75 Å². The smallest absolute Gasteiger partial charge is 0.182 e. The standard InChI is InChI=1S/C14H11ClN4O/c1-9-14(19-7-3-2-4-13(19)16-9)18-17-11-8-10(15)5-6-12(11)20/h2-8,20H,1H3. The summed E-state index contributed by atoms with van der Waals surface area (Å²) in [6.07, 6.45) is 1.86. The van der Waals surface area contributed by atoms with Gasteiger partial charge in [-0.15, -0.1) is 10.2 Å². The summed E-state index contributed by atoms with van der Waals surface area (Å²) in [6.45, 7) is 1.86. The Hall–Kier alpha value is -2.40. The first kappa shape index (κ1) is 12.6. The number of pyridine rings is 1. The first-order valence-electron chi connectivity index (χ1n) is 5.99. The lowest BCUT2D eigenvalue weighted by Crippen LogP contribution is -1.80. The highest BCUT2D eigenvalue weighted by Crippen LogP contribution is 2.31. The van der Waals surface area contributed by atoms with Crippen LogP contribution in [-0.4, -0.2) is 14.5 Å². The molecule has 0 aliphatic rings. The highest BCUT2D eigenvalue weighted by molar-refractivity contribution is 6.30. The summed E-state index contributed by atoms with van der Waals surface area (Å²) in [4.78, 5) is 4.39. The fourth-order valence-electron chi connectivity index (χ4n) is 1.90. The Morgan fingerprint density at radius 1 is 1.20 bits per heavy atom. The molecule has 6 heteroatoms. The summed E-state index contributed by atoms with van der Waals surface area (Å²) in [5, 5.41) is 18.4. The van der Waals surface area contributed by atoms with Crippen molar-refractivity contribution >= 4 is 28.8 Å². The molecule has 0 bridgehead atoms. The highest BCUT2D eigenvalue weighted by Gasteiger charge is 2.07. The highest BCUT2D eigenvalue weighted by atomic mass is 35.5.